The quantitative estimate of drug-likeness (QED) is 0.266. The number of nitro benzene ring substituents is 1. The number of aryl methyl sites for hydroxylation is 2. The zero-order valence-corrected chi connectivity index (χ0v) is 19.9. The molecule has 0 amide bonds. The van der Waals surface area contributed by atoms with Crippen LogP contribution in [0.25, 0.3) is 0 Å². The van der Waals surface area contributed by atoms with Gasteiger partial charge < -0.3 is 19.6 Å². The van der Waals surface area contributed by atoms with E-state index in [-0.39, 0.29) is 11.7 Å². The number of anilines is 1. The third-order valence-corrected chi connectivity index (χ3v) is 4.47. The molecule has 2 rings (SSSR count). The van der Waals surface area contributed by atoms with Gasteiger partial charge in [0.1, 0.15) is 25.1 Å². The molecule has 9 heteroatoms. The molecule has 1 unspecified atom stereocenters. The lowest BCUT2D eigenvalue weighted by Crippen LogP contribution is -2.12. The van der Waals surface area contributed by atoms with Crippen LogP contribution in [0.3, 0.4) is 0 Å². The summed E-state index contributed by atoms with van der Waals surface area (Å²) < 4.78 is 5.94. The van der Waals surface area contributed by atoms with Gasteiger partial charge in [-0.1, -0.05) is 29.3 Å². The van der Waals surface area contributed by atoms with Gasteiger partial charge in [0.25, 0.3) is 5.69 Å². The Labute approximate surface area is 197 Å². The fourth-order valence-electron chi connectivity index (χ4n) is 2.67. The highest BCUT2D eigenvalue weighted by Crippen LogP contribution is 2.37. The molecule has 0 radical (unpaired) electrons. The number of ether oxygens (including phenoxy) is 1. The minimum Gasteiger partial charge on any atom is -0.455 e. The number of non-ortho nitro benzene ring substituents is 1. The van der Waals surface area contributed by atoms with E-state index in [0.29, 0.717) is 27.1 Å². The van der Waals surface area contributed by atoms with Crippen LogP contribution < -0.4 is 10.1 Å². The molecule has 1 N–H and O–H groups in total. The summed E-state index contributed by atoms with van der Waals surface area (Å²) in [5.74, 6) is 1.03. The number of nitro groups is 1. The molecular formula is C23H26Cl2N2O5. The first-order chi connectivity index (χ1) is 15.2. The number of benzene rings is 2. The number of halogens is 2. The number of hydrogen-bond donors (Lipinski definition) is 1. The third-order valence-electron chi connectivity index (χ3n) is 3.94. The lowest BCUT2D eigenvalue weighted by molar-refractivity contribution is -0.384. The summed E-state index contributed by atoms with van der Waals surface area (Å²) in [5, 5.41) is 15.3. The number of hydrogen-bond acceptors (Lipinski definition) is 6. The van der Waals surface area contributed by atoms with Crippen LogP contribution in [0.4, 0.5) is 11.4 Å². The summed E-state index contributed by atoms with van der Waals surface area (Å²) in [7, 11) is 0. The topological polar surface area (TPSA) is 98.5 Å². The van der Waals surface area contributed by atoms with Crippen LogP contribution in [0.15, 0.2) is 53.6 Å². The third kappa shape index (κ3) is 8.91. The second kappa shape index (κ2) is 14.8. The van der Waals surface area contributed by atoms with Gasteiger partial charge in [-0.15, -0.1) is 0 Å². The lowest BCUT2D eigenvalue weighted by Gasteiger charge is -2.17. The molecule has 7 nitrogen and oxygen atoms in total. The van der Waals surface area contributed by atoms with Gasteiger partial charge in [0.05, 0.1) is 9.95 Å². The van der Waals surface area contributed by atoms with E-state index in [0.717, 1.165) is 11.3 Å². The lowest BCUT2D eigenvalue weighted by atomic mass is 10.1. The maximum Gasteiger partial charge on any atom is 0.269 e. The molecule has 0 heterocycles. The smallest absolute Gasteiger partial charge is 0.269 e. The van der Waals surface area contributed by atoms with E-state index in [1.807, 2.05) is 58.6 Å². The average molecular weight is 481 g/mol. The van der Waals surface area contributed by atoms with Gasteiger partial charge in [-0.25, -0.2) is 0 Å². The van der Waals surface area contributed by atoms with Gasteiger partial charge in [0.15, 0.2) is 0 Å². The largest absolute Gasteiger partial charge is 0.455 e. The summed E-state index contributed by atoms with van der Waals surface area (Å²) in [5.41, 5.74) is 2.35. The summed E-state index contributed by atoms with van der Waals surface area (Å²) in [6.45, 7) is 11.5. The number of carbonyl (C=O) groups is 2. The van der Waals surface area contributed by atoms with Crippen molar-refractivity contribution in [2.75, 3.05) is 5.32 Å². The van der Waals surface area contributed by atoms with Crippen molar-refractivity contribution in [3.8, 4) is 11.5 Å². The average Bonchev–Trinajstić information content (AvgIpc) is 2.74. The number of nitrogens with zero attached hydrogens (tertiary/aromatic N) is 1. The zero-order chi connectivity index (χ0) is 24.8. The van der Waals surface area contributed by atoms with E-state index in [2.05, 4.69) is 5.32 Å². The number of nitrogens with one attached hydrogen (secondary N) is 1. The molecule has 0 fully saturated rings. The van der Waals surface area contributed by atoms with Crippen LogP contribution in [-0.2, 0) is 9.59 Å². The predicted octanol–water partition coefficient (Wildman–Crippen LogP) is 6.79. The molecule has 0 saturated heterocycles. The molecule has 0 saturated carbocycles. The van der Waals surface area contributed by atoms with Crippen LogP contribution in [0.2, 0.25) is 5.02 Å². The zero-order valence-electron chi connectivity index (χ0n) is 18.4. The summed E-state index contributed by atoms with van der Waals surface area (Å²) >= 11 is 12.5. The first kappa shape index (κ1) is 28.8. The monoisotopic (exact) mass is 480 g/mol. The fraction of sp³-hybridized carbons (Fsp3) is 0.217. The van der Waals surface area contributed by atoms with Crippen molar-refractivity contribution in [2.45, 2.75) is 33.7 Å². The van der Waals surface area contributed by atoms with Gasteiger partial charge >= 0.3 is 0 Å². The minimum absolute atomic E-state index is 0.00264. The predicted molar refractivity (Wildman–Crippen MR) is 130 cm³/mol. The van der Waals surface area contributed by atoms with Crippen LogP contribution in [0.5, 0.6) is 11.5 Å². The molecule has 0 spiro atoms. The second-order valence-corrected chi connectivity index (χ2v) is 7.24. The first-order valence-electron chi connectivity index (χ1n) is 9.28. The van der Waals surface area contributed by atoms with Crippen molar-refractivity contribution in [3.63, 3.8) is 0 Å². The van der Waals surface area contributed by atoms with Crippen LogP contribution in [0, 0.1) is 24.0 Å². The van der Waals surface area contributed by atoms with Crippen molar-refractivity contribution >= 4 is 48.2 Å². The van der Waals surface area contributed by atoms with E-state index >= 15 is 0 Å². The number of rotatable bonds is 7. The summed E-state index contributed by atoms with van der Waals surface area (Å²) in [4.78, 5) is 26.4. The van der Waals surface area contributed by atoms with E-state index in [1.165, 1.54) is 12.1 Å². The maximum atomic E-state index is 10.9. The van der Waals surface area contributed by atoms with Gasteiger partial charge in [0.2, 0.25) is 0 Å². The van der Waals surface area contributed by atoms with Crippen molar-refractivity contribution in [2.24, 2.45) is 0 Å². The second-order valence-electron chi connectivity index (χ2n) is 6.40. The molecule has 172 valence electrons. The Morgan fingerprint density at radius 1 is 1.16 bits per heavy atom. The van der Waals surface area contributed by atoms with Gasteiger partial charge in [-0.3, -0.25) is 10.1 Å². The van der Waals surface area contributed by atoms with E-state index in [9.17, 15) is 10.1 Å². The molecule has 0 aliphatic carbocycles. The van der Waals surface area contributed by atoms with E-state index in [4.69, 9.17) is 37.5 Å². The Hall–Kier alpha value is -3.16. The minimum atomic E-state index is -0.437. The highest BCUT2D eigenvalue weighted by atomic mass is 35.5. The fourth-order valence-corrected chi connectivity index (χ4v) is 3.29. The van der Waals surface area contributed by atoms with Crippen LogP contribution in [-0.4, -0.2) is 24.5 Å². The highest BCUT2D eigenvalue weighted by Gasteiger charge is 2.14. The summed E-state index contributed by atoms with van der Waals surface area (Å²) in [6, 6.07) is 8.16. The molecule has 1 atom stereocenters. The van der Waals surface area contributed by atoms with Gasteiger partial charge in [-0.05, 0) is 69.2 Å². The molecule has 0 bridgehead atoms. The van der Waals surface area contributed by atoms with Crippen molar-refractivity contribution in [1.82, 2.24) is 0 Å². The number of allylic oxidation sites excluding steroid dienone is 3. The van der Waals surface area contributed by atoms with E-state index < -0.39 is 4.92 Å². The Bertz CT molecular complexity index is 952. The van der Waals surface area contributed by atoms with Crippen LogP contribution >= 0.6 is 23.2 Å². The molecule has 2 aromatic carbocycles. The first-order valence-corrected chi connectivity index (χ1v) is 10.0. The van der Waals surface area contributed by atoms with Gasteiger partial charge in [-0.2, -0.15) is 0 Å². The standard InChI is InChI=1S/C21H22Cl2N2O3.2CH2O/c1-5-6-16(22)11-15(4)24-17-9-14(3)21(19(23)12-17)28-20-8-7-18(25(26)27)10-13(20)2;2*1-2/h5-12,15,24H,1-4H3;2*1H2/b6-5-,16-11+;;. The maximum absolute atomic E-state index is 10.9. The molecule has 0 aliphatic heterocycles. The Balaban J connectivity index is 0.00000227. The van der Waals surface area contributed by atoms with Crippen molar-refractivity contribution < 1.29 is 19.2 Å². The Kier molecular flexibility index (Phi) is 13.3. The van der Waals surface area contributed by atoms with Crippen molar-refractivity contribution in [3.05, 3.63) is 79.9 Å². The Morgan fingerprint density at radius 2 is 1.78 bits per heavy atom. The molecule has 0 aliphatic rings. The molecule has 0 aromatic heterocycles. The molecule has 32 heavy (non-hydrogen) atoms. The van der Waals surface area contributed by atoms with Crippen molar-refractivity contribution in [1.29, 1.82) is 0 Å². The van der Waals surface area contributed by atoms with Gasteiger partial charge in [0, 0.05) is 28.9 Å². The number of carbonyl (C=O) groups excluding carboxylic acids is 2. The van der Waals surface area contributed by atoms with Crippen LogP contribution in [0.1, 0.15) is 25.0 Å². The highest BCUT2D eigenvalue weighted by molar-refractivity contribution is 6.32. The molecule has 2 aromatic rings. The molecular weight excluding hydrogens is 455 g/mol. The summed E-state index contributed by atoms with van der Waals surface area (Å²) in [6.07, 6.45) is 5.59. The Morgan fingerprint density at radius 3 is 2.28 bits per heavy atom. The normalized spacial score (nSPS) is 11.5. The van der Waals surface area contributed by atoms with E-state index in [1.54, 1.807) is 19.1 Å². The SMILES string of the molecule is C/C=C\C(Cl)=C/C(C)Nc1cc(C)c(Oc2ccc([N+](=O)[O-])cc2C)c(Cl)c1.C=O.C=O.